The maximum Gasteiger partial charge on any atom is 0.264 e. The van der Waals surface area contributed by atoms with Gasteiger partial charge in [0.25, 0.3) is 5.91 Å². The predicted octanol–water partition coefficient (Wildman–Crippen LogP) is 2.84. The van der Waals surface area contributed by atoms with Crippen molar-refractivity contribution in [1.29, 1.82) is 0 Å². The number of benzene rings is 1. The molecule has 1 fully saturated rings. The van der Waals surface area contributed by atoms with E-state index in [1.54, 1.807) is 12.3 Å². The zero-order chi connectivity index (χ0) is 15.7. The van der Waals surface area contributed by atoms with Gasteiger partial charge in [0.1, 0.15) is 5.82 Å². The van der Waals surface area contributed by atoms with Crippen LogP contribution in [0.2, 0.25) is 0 Å². The van der Waals surface area contributed by atoms with E-state index in [1.165, 1.54) is 6.07 Å². The molecule has 7 heteroatoms. The van der Waals surface area contributed by atoms with Gasteiger partial charge in [0.05, 0.1) is 22.8 Å². The molecule has 2 aromatic rings. The molecule has 0 unspecified atom stereocenters. The first-order chi connectivity index (χ1) is 10.6. The van der Waals surface area contributed by atoms with Crippen LogP contribution in [0.15, 0.2) is 12.1 Å². The second kappa shape index (κ2) is 6.26. The van der Waals surface area contributed by atoms with E-state index in [-0.39, 0.29) is 11.6 Å². The SMILES string of the molecule is CSNC(=O)c1cc2c(C)nn(C3CCOCC3)c2cc1F. The minimum absolute atomic E-state index is 0.0523. The van der Waals surface area contributed by atoms with E-state index in [2.05, 4.69) is 9.82 Å². The average Bonchev–Trinajstić information content (AvgIpc) is 2.84. The first-order valence-corrected chi connectivity index (χ1v) is 8.43. The van der Waals surface area contributed by atoms with E-state index in [0.29, 0.717) is 13.2 Å². The number of aromatic nitrogens is 2. The van der Waals surface area contributed by atoms with Crippen molar-refractivity contribution in [1.82, 2.24) is 14.5 Å². The Labute approximate surface area is 132 Å². The molecule has 0 spiro atoms. The molecule has 0 saturated carbocycles. The monoisotopic (exact) mass is 323 g/mol. The fraction of sp³-hybridized carbons (Fsp3) is 0.467. The van der Waals surface area contributed by atoms with Gasteiger partial charge >= 0.3 is 0 Å². The number of hydrogen-bond acceptors (Lipinski definition) is 4. The number of aryl methyl sites for hydroxylation is 1. The fourth-order valence-electron chi connectivity index (χ4n) is 2.84. The largest absolute Gasteiger partial charge is 0.381 e. The fourth-order valence-corrected chi connectivity index (χ4v) is 3.14. The van der Waals surface area contributed by atoms with Crippen LogP contribution in [0.1, 0.15) is 34.9 Å². The van der Waals surface area contributed by atoms with Crippen LogP contribution in [0.3, 0.4) is 0 Å². The summed E-state index contributed by atoms with van der Waals surface area (Å²) in [6.07, 6.45) is 3.46. The van der Waals surface area contributed by atoms with Crippen LogP contribution in [-0.4, -0.2) is 35.2 Å². The van der Waals surface area contributed by atoms with Crippen LogP contribution in [0.5, 0.6) is 0 Å². The van der Waals surface area contributed by atoms with Crippen LogP contribution in [0.4, 0.5) is 4.39 Å². The van der Waals surface area contributed by atoms with E-state index in [4.69, 9.17) is 4.74 Å². The Kier molecular flexibility index (Phi) is 4.35. The lowest BCUT2D eigenvalue weighted by Crippen LogP contribution is -2.20. The Morgan fingerprint density at radius 2 is 2.18 bits per heavy atom. The van der Waals surface area contributed by atoms with Crippen molar-refractivity contribution in [2.75, 3.05) is 19.5 Å². The molecule has 22 heavy (non-hydrogen) atoms. The smallest absolute Gasteiger partial charge is 0.264 e. The number of carbonyl (C=O) groups is 1. The van der Waals surface area contributed by atoms with Crippen LogP contribution in [0, 0.1) is 12.7 Å². The highest BCUT2D eigenvalue weighted by Gasteiger charge is 2.22. The number of ether oxygens (including phenoxy) is 1. The van der Waals surface area contributed by atoms with E-state index >= 15 is 0 Å². The quantitative estimate of drug-likeness (QED) is 0.883. The van der Waals surface area contributed by atoms with Gasteiger partial charge < -0.3 is 4.74 Å². The van der Waals surface area contributed by atoms with Gasteiger partial charge in [-0.2, -0.15) is 5.10 Å². The van der Waals surface area contributed by atoms with Gasteiger partial charge in [-0.1, -0.05) is 11.9 Å². The van der Waals surface area contributed by atoms with Crippen LogP contribution >= 0.6 is 11.9 Å². The first-order valence-electron chi connectivity index (χ1n) is 7.21. The molecule has 0 aliphatic carbocycles. The average molecular weight is 323 g/mol. The molecule has 118 valence electrons. The van der Waals surface area contributed by atoms with Gasteiger partial charge in [-0.15, -0.1) is 0 Å². The topological polar surface area (TPSA) is 56.2 Å². The lowest BCUT2D eigenvalue weighted by molar-refractivity contribution is 0.0674. The Hall–Kier alpha value is -1.60. The molecular weight excluding hydrogens is 305 g/mol. The molecule has 0 atom stereocenters. The standard InChI is InChI=1S/C15H18FN3O2S/c1-9-11-7-12(15(20)18-22-2)13(16)8-14(11)19(17-9)10-3-5-21-6-4-10/h7-8,10H,3-6H2,1-2H3,(H,18,20). The number of fused-ring (bicyclic) bond motifs is 1. The molecule has 1 aromatic carbocycles. The molecular formula is C15H18FN3O2S. The van der Waals surface area contributed by atoms with Gasteiger partial charge in [-0.05, 0) is 25.8 Å². The minimum Gasteiger partial charge on any atom is -0.381 e. The molecule has 1 aliphatic heterocycles. The van der Waals surface area contributed by atoms with Gasteiger partial charge in [-0.25, -0.2) is 4.39 Å². The normalized spacial score (nSPS) is 16.1. The van der Waals surface area contributed by atoms with Gasteiger partial charge in [0.2, 0.25) is 0 Å². The highest BCUT2D eigenvalue weighted by atomic mass is 32.2. The van der Waals surface area contributed by atoms with Crippen LogP contribution in [0.25, 0.3) is 10.9 Å². The molecule has 1 saturated heterocycles. The number of amides is 1. The first kappa shape index (κ1) is 15.3. The molecule has 5 nitrogen and oxygen atoms in total. The molecule has 1 amide bonds. The summed E-state index contributed by atoms with van der Waals surface area (Å²) in [5.41, 5.74) is 1.60. The second-order valence-electron chi connectivity index (χ2n) is 5.36. The summed E-state index contributed by atoms with van der Waals surface area (Å²) in [6, 6.07) is 3.23. The minimum atomic E-state index is -0.521. The molecule has 1 N–H and O–H groups in total. The summed E-state index contributed by atoms with van der Waals surface area (Å²) in [4.78, 5) is 11.9. The third-order valence-electron chi connectivity index (χ3n) is 3.96. The third-order valence-corrected chi connectivity index (χ3v) is 4.35. The highest BCUT2D eigenvalue weighted by molar-refractivity contribution is 7.97. The summed E-state index contributed by atoms with van der Waals surface area (Å²) in [7, 11) is 0. The molecule has 2 heterocycles. The van der Waals surface area contributed by atoms with Crippen molar-refractivity contribution in [2.45, 2.75) is 25.8 Å². The summed E-state index contributed by atoms with van der Waals surface area (Å²) in [5, 5.41) is 5.38. The summed E-state index contributed by atoms with van der Waals surface area (Å²) >= 11 is 1.15. The van der Waals surface area contributed by atoms with E-state index in [1.807, 2.05) is 11.6 Å². The van der Waals surface area contributed by atoms with E-state index in [0.717, 1.165) is 41.4 Å². The Balaban J connectivity index is 2.07. The number of halogens is 1. The van der Waals surface area contributed by atoms with E-state index in [9.17, 15) is 9.18 Å². The Morgan fingerprint density at radius 1 is 1.45 bits per heavy atom. The number of rotatable bonds is 3. The Morgan fingerprint density at radius 3 is 2.86 bits per heavy atom. The van der Waals surface area contributed by atoms with Crippen molar-refractivity contribution in [3.05, 3.63) is 29.2 Å². The van der Waals surface area contributed by atoms with Crippen molar-refractivity contribution < 1.29 is 13.9 Å². The number of hydrogen-bond donors (Lipinski definition) is 1. The summed E-state index contributed by atoms with van der Waals surface area (Å²) in [6.45, 7) is 3.27. The van der Waals surface area contributed by atoms with Gasteiger partial charge in [0, 0.05) is 30.9 Å². The maximum atomic E-state index is 14.3. The van der Waals surface area contributed by atoms with Crippen molar-refractivity contribution in [3.8, 4) is 0 Å². The molecule has 0 radical (unpaired) electrons. The number of carbonyl (C=O) groups excluding carboxylic acids is 1. The van der Waals surface area contributed by atoms with Gasteiger partial charge in [0.15, 0.2) is 0 Å². The number of nitrogens with zero attached hydrogens (tertiary/aromatic N) is 2. The summed E-state index contributed by atoms with van der Waals surface area (Å²) in [5.74, 6) is -0.947. The predicted molar refractivity (Wildman–Crippen MR) is 84.5 cm³/mol. The Bertz CT molecular complexity index is 710. The van der Waals surface area contributed by atoms with Crippen molar-refractivity contribution in [2.24, 2.45) is 0 Å². The van der Waals surface area contributed by atoms with Gasteiger partial charge in [-0.3, -0.25) is 14.2 Å². The highest BCUT2D eigenvalue weighted by Crippen LogP contribution is 2.29. The van der Waals surface area contributed by atoms with Crippen LogP contribution < -0.4 is 4.72 Å². The molecule has 1 aromatic heterocycles. The maximum absolute atomic E-state index is 14.3. The molecule has 1 aliphatic rings. The third kappa shape index (κ3) is 2.70. The van der Waals surface area contributed by atoms with Crippen LogP contribution in [-0.2, 0) is 4.74 Å². The lowest BCUT2D eigenvalue weighted by Gasteiger charge is -2.23. The zero-order valence-electron chi connectivity index (χ0n) is 12.6. The van der Waals surface area contributed by atoms with Crippen molar-refractivity contribution in [3.63, 3.8) is 0 Å². The second-order valence-corrected chi connectivity index (χ2v) is 5.97. The van der Waals surface area contributed by atoms with Crippen molar-refractivity contribution >= 4 is 28.8 Å². The lowest BCUT2D eigenvalue weighted by atomic mass is 10.1. The summed E-state index contributed by atoms with van der Waals surface area (Å²) < 4.78 is 24.1. The molecule has 0 bridgehead atoms. The van der Waals surface area contributed by atoms with E-state index < -0.39 is 11.7 Å². The zero-order valence-corrected chi connectivity index (χ0v) is 13.4. The molecule has 3 rings (SSSR count). The number of nitrogens with one attached hydrogen (secondary N) is 1.